The summed E-state index contributed by atoms with van der Waals surface area (Å²) in [6.45, 7) is 7.77. The molecule has 0 saturated carbocycles. The summed E-state index contributed by atoms with van der Waals surface area (Å²) >= 11 is 0. The van der Waals surface area contributed by atoms with Crippen LogP contribution >= 0.6 is 0 Å². The van der Waals surface area contributed by atoms with E-state index in [1.807, 2.05) is 0 Å². The van der Waals surface area contributed by atoms with Crippen LogP contribution in [-0.4, -0.2) is 21.2 Å². The Hall–Kier alpha value is -1.80. The summed E-state index contributed by atoms with van der Waals surface area (Å²) in [5.74, 6) is 3.99. The Morgan fingerprint density at radius 2 is 2.00 bits per heavy atom. The molecule has 0 fully saturated rings. The topological polar surface area (TPSA) is 52.3 Å². The predicted molar refractivity (Wildman–Crippen MR) is 77.7 cm³/mol. The lowest BCUT2D eigenvalue weighted by atomic mass is 10.0. The van der Waals surface area contributed by atoms with Gasteiger partial charge < -0.3 is 10.5 Å². The van der Waals surface area contributed by atoms with Gasteiger partial charge in [-0.1, -0.05) is 25.6 Å². The Balaban J connectivity index is 3.73. The molecule has 0 amide bonds. The van der Waals surface area contributed by atoms with Gasteiger partial charge in [0.05, 0.1) is 20.7 Å². The SMILES string of the molecule is CC#Cc1c(N)c([Si](C)(C)C)cc(F)c1C(=O)OC. The molecule has 0 aliphatic carbocycles. The fourth-order valence-electron chi connectivity index (χ4n) is 1.84. The van der Waals surface area contributed by atoms with E-state index in [0.717, 1.165) is 5.19 Å². The number of rotatable bonds is 2. The number of hydrogen-bond donors (Lipinski definition) is 1. The molecule has 1 aromatic carbocycles. The van der Waals surface area contributed by atoms with Gasteiger partial charge in [-0.15, -0.1) is 5.92 Å². The third-order valence-electron chi connectivity index (χ3n) is 2.77. The first kappa shape index (κ1) is 15.3. The molecule has 0 aromatic heterocycles. The van der Waals surface area contributed by atoms with E-state index in [4.69, 9.17) is 5.73 Å². The lowest BCUT2D eigenvalue weighted by Gasteiger charge is -2.21. The van der Waals surface area contributed by atoms with Crippen molar-refractivity contribution >= 4 is 24.9 Å². The Labute approximate surface area is 114 Å². The molecule has 0 unspecified atom stereocenters. The number of esters is 1. The summed E-state index contributed by atoms with van der Waals surface area (Å²) in [6.07, 6.45) is 0. The first-order valence-electron chi connectivity index (χ1n) is 5.87. The molecule has 0 heterocycles. The smallest absolute Gasteiger partial charge is 0.342 e. The van der Waals surface area contributed by atoms with Gasteiger partial charge in [-0.05, 0) is 18.2 Å². The minimum Gasteiger partial charge on any atom is -0.465 e. The Morgan fingerprint density at radius 1 is 1.42 bits per heavy atom. The largest absolute Gasteiger partial charge is 0.465 e. The first-order chi connectivity index (χ1) is 8.73. The minimum absolute atomic E-state index is 0.184. The molecule has 0 saturated heterocycles. The third kappa shape index (κ3) is 2.96. The van der Waals surface area contributed by atoms with E-state index >= 15 is 0 Å². The Kier molecular flexibility index (Phi) is 4.38. The number of methoxy groups -OCH3 is 1. The normalized spacial score (nSPS) is 10.6. The first-order valence-corrected chi connectivity index (χ1v) is 9.37. The maximum absolute atomic E-state index is 14.2. The summed E-state index contributed by atoms with van der Waals surface area (Å²) in [4.78, 5) is 11.7. The summed E-state index contributed by atoms with van der Waals surface area (Å²) in [5, 5.41) is 0.760. The highest BCUT2D eigenvalue weighted by Crippen LogP contribution is 2.22. The average molecular weight is 279 g/mol. The number of nitrogens with two attached hydrogens (primary N) is 1. The third-order valence-corrected chi connectivity index (χ3v) is 4.80. The van der Waals surface area contributed by atoms with Crippen molar-refractivity contribution in [1.82, 2.24) is 0 Å². The van der Waals surface area contributed by atoms with E-state index in [2.05, 4.69) is 36.2 Å². The lowest BCUT2D eigenvalue weighted by molar-refractivity contribution is 0.0595. The van der Waals surface area contributed by atoms with Crippen LogP contribution in [-0.2, 0) is 4.74 Å². The summed E-state index contributed by atoms with van der Waals surface area (Å²) in [7, 11) is -0.621. The van der Waals surface area contributed by atoms with Gasteiger partial charge in [0.15, 0.2) is 0 Å². The zero-order valence-corrected chi connectivity index (χ0v) is 12.8. The molecule has 0 aliphatic rings. The van der Waals surface area contributed by atoms with E-state index in [1.165, 1.54) is 13.2 Å². The standard InChI is InChI=1S/C14H18FNO2Si/c1-6-7-9-12(14(17)18-2)10(15)8-11(13(9)16)19(3,4)5/h8H,16H2,1-5H3. The molecular formula is C14H18FNO2Si. The molecule has 5 heteroatoms. The van der Waals surface area contributed by atoms with Gasteiger partial charge in [0.2, 0.25) is 0 Å². The van der Waals surface area contributed by atoms with Crippen molar-refractivity contribution in [2.75, 3.05) is 12.8 Å². The second-order valence-corrected chi connectivity index (χ2v) is 10.2. The maximum Gasteiger partial charge on any atom is 0.342 e. The van der Waals surface area contributed by atoms with Crippen molar-refractivity contribution in [3.63, 3.8) is 0 Å². The van der Waals surface area contributed by atoms with Crippen molar-refractivity contribution in [3.05, 3.63) is 23.0 Å². The second-order valence-electron chi connectivity index (χ2n) is 5.19. The number of benzene rings is 1. The molecule has 19 heavy (non-hydrogen) atoms. The van der Waals surface area contributed by atoms with Crippen molar-refractivity contribution in [3.8, 4) is 11.8 Å². The van der Waals surface area contributed by atoms with Gasteiger partial charge >= 0.3 is 5.97 Å². The second kappa shape index (κ2) is 5.45. The van der Waals surface area contributed by atoms with Gasteiger partial charge in [0, 0.05) is 5.69 Å². The van der Waals surface area contributed by atoms with Crippen molar-refractivity contribution in [2.24, 2.45) is 0 Å². The zero-order valence-electron chi connectivity index (χ0n) is 11.8. The van der Waals surface area contributed by atoms with E-state index in [9.17, 15) is 9.18 Å². The fraction of sp³-hybridized carbons (Fsp3) is 0.357. The van der Waals surface area contributed by atoms with Crippen LogP contribution in [0.5, 0.6) is 0 Å². The van der Waals surface area contributed by atoms with E-state index in [0.29, 0.717) is 5.69 Å². The number of carbonyl (C=O) groups excluding carboxylic acids is 1. The van der Waals surface area contributed by atoms with E-state index < -0.39 is 19.9 Å². The van der Waals surface area contributed by atoms with Crippen molar-refractivity contribution in [2.45, 2.75) is 26.6 Å². The molecule has 0 aliphatic heterocycles. The molecule has 0 spiro atoms. The predicted octanol–water partition coefficient (Wildman–Crippen LogP) is 2.11. The van der Waals surface area contributed by atoms with Gasteiger partial charge in [-0.3, -0.25) is 0 Å². The molecule has 102 valence electrons. The van der Waals surface area contributed by atoms with E-state index in [1.54, 1.807) is 6.92 Å². The monoisotopic (exact) mass is 279 g/mol. The van der Waals surface area contributed by atoms with E-state index in [-0.39, 0.29) is 11.1 Å². The highest BCUT2D eigenvalue weighted by Gasteiger charge is 2.27. The molecule has 1 aromatic rings. The number of anilines is 1. The van der Waals surface area contributed by atoms with Crippen LogP contribution in [0.15, 0.2) is 6.07 Å². The highest BCUT2D eigenvalue weighted by molar-refractivity contribution is 6.89. The minimum atomic E-state index is -1.82. The fourth-order valence-corrected chi connectivity index (χ4v) is 3.34. The van der Waals surface area contributed by atoms with Crippen molar-refractivity contribution < 1.29 is 13.9 Å². The van der Waals surface area contributed by atoms with Crippen LogP contribution in [0.1, 0.15) is 22.8 Å². The molecular weight excluding hydrogens is 261 g/mol. The summed E-state index contributed by atoms with van der Waals surface area (Å²) in [6, 6.07) is 1.34. The van der Waals surface area contributed by atoms with Gasteiger partial charge in [-0.2, -0.15) is 0 Å². The Bertz CT molecular complexity index is 580. The molecule has 2 N–H and O–H groups in total. The number of nitrogen functional groups attached to an aromatic ring is 1. The number of halogens is 1. The summed E-state index contributed by atoms with van der Waals surface area (Å²) < 4.78 is 18.8. The van der Waals surface area contributed by atoms with Gasteiger partial charge in [-0.25, -0.2) is 9.18 Å². The van der Waals surface area contributed by atoms with Crippen LogP contribution in [0.4, 0.5) is 10.1 Å². The van der Waals surface area contributed by atoms with Crippen LogP contribution in [0, 0.1) is 17.7 Å². The quantitative estimate of drug-likeness (QED) is 0.390. The highest BCUT2D eigenvalue weighted by atomic mass is 28.3. The number of carbonyl (C=O) groups is 1. The van der Waals surface area contributed by atoms with Crippen LogP contribution in [0.3, 0.4) is 0 Å². The zero-order chi connectivity index (χ0) is 14.8. The molecule has 0 atom stereocenters. The maximum atomic E-state index is 14.2. The Morgan fingerprint density at radius 3 is 2.42 bits per heavy atom. The average Bonchev–Trinajstić information content (AvgIpc) is 2.31. The van der Waals surface area contributed by atoms with Gasteiger partial charge in [0.1, 0.15) is 11.4 Å². The van der Waals surface area contributed by atoms with Crippen LogP contribution in [0.25, 0.3) is 0 Å². The van der Waals surface area contributed by atoms with Crippen LogP contribution < -0.4 is 10.9 Å². The number of ether oxygens (including phenoxy) is 1. The summed E-state index contributed by atoms with van der Waals surface area (Å²) in [5.41, 5.74) is 6.50. The number of hydrogen-bond acceptors (Lipinski definition) is 3. The molecule has 0 radical (unpaired) electrons. The van der Waals surface area contributed by atoms with Crippen molar-refractivity contribution in [1.29, 1.82) is 0 Å². The lowest BCUT2D eigenvalue weighted by Crippen LogP contribution is -2.40. The molecule has 1 rings (SSSR count). The van der Waals surface area contributed by atoms with Crippen LogP contribution in [0.2, 0.25) is 19.6 Å². The van der Waals surface area contributed by atoms with Gasteiger partial charge in [0.25, 0.3) is 0 Å². The molecule has 0 bridgehead atoms. The molecule has 3 nitrogen and oxygen atoms in total.